The van der Waals surface area contributed by atoms with Gasteiger partial charge in [-0.25, -0.2) is 0 Å². The third kappa shape index (κ3) is 5.03. The van der Waals surface area contributed by atoms with Gasteiger partial charge in [-0.3, -0.25) is 0 Å². The number of hydrogen-bond acceptors (Lipinski definition) is 1. The predicted octanol–water partition coefficient (Wildman–Crippen LogP) is 1.89. The monoisotopic (exact) mass is 168 g/mol. The molecular formula is C7H19ClNO+. The molecule has 0 aromatic rings. The molecule has 0 heterocycles. The number of quaternary nitrogens is 1. The SMILES string of the molecule is C.CC(OCCl)[N+](C)(C)C. The molecule has 0 aliphatic carbocycles. The van der Waals surface area contributed by atoms with Gasteiger partial charge < -0.3 is 9.22 Å². The Kier molecular flexibility index (Phi) is 6.35. The number of halogens is 1. The van der Waals surface area contributed by atoms with Crippen LogP contribution in [-0.2, 0) is 4.74 Å². The van der Waals surface area contributed by atoms with E-state index in [0.717, 1.165) is 4.48 Å². The molecule has 64 valence electrons. The minimum absolute atomic E-state index is 0. The number of alkyl halides is 1. The minimum Gasteiger partial charge on any atom is -0.314 e. The van der Waals surface area contributed by atoms with Crippen molar-refractivity contribution < 1.29 is 9.22 Å². The van der Waals surface area contributed by atoms with Crippen LogP contribution in [0.1, 0.15) is 14.4 Å². The normalized spacial score (nSPS) is 14.1. The van der Waals surface area contributed by atoms with Gasteiger partial charge in [0, 0.05) is 6.92 Å². The fourth-order valence-corrected chi connectivity index (χ4v) is 0.497. The van der Waals surface area contributed by atoms with Gasteiger partial charge in [-0.1, -0.05) is 19.0 Å². The van der Waals surface area contributed by atoms with Crippen molar-refractivity contribution in [2.75, 3.05) is 27.2 Å². The Labute approximate surface area is 69.3 Å². The summed E-state index contributed by atoms with van der Waals surface area (Å²) in [7, 11) is 6.20. The predicted molar refractivity (Wildman–Crippen MR) is 46.0 cm³/mol. The molecule has 0 aliphatic heterocycles. The van der Waals surface area contributed by atoms with E-state index in [9.17, 15) is 0 Å². The molecule has 2 nitrogen and oxygen atoms in total. The molecule has 0 bridgehead atoms. The van der Waals surface area contributed by atoms with Gasteiger partial charge in [0.05, 0.1) is 21.1 Å². The highest BCUT2D eigenvalue weighted by Crippen LogP contribution is 2.03. The van der Waals surface area contributed by atoms with Crippen LogP contribution in [0, 0.1) is 0 Å². The number of hydrogen-bond donors (Lipinski definition) is 0. The second kappa shape index (κ2) is 4.94. The van der Waals surface area contributed by atoms with E-state index in [0.29, 0.717) is 0 Å². The van der Waals surface area contributed by atoms with Crippen molar-refractivity contribution in [3.8, 4) is 0 Å². The molecule has 0 saturated carbocycles. The Balaban J connectivity index is 0. The smallest absolute Gasteiger partial charge is 0.191 e. The highest BCUT2D eigenvalue weighted by Gasteiger charge is 2.17. The van der Waals surface area contributed by atoms with Crippen molar-refractivity contribution in [3.05, 3.63) is 0 Å². The maximum atomic E-state index is 5.37. The van der Waals surface area contributed by atoms with Crippen LogP contribution in [-0.4, -0.2) is 37.9 Å². The zero-order chi connectivity index (χ0) is 7.49. The fourth-order valence-electron chi connectivity index (χ4n) is 0.315. The average Bonchev–Trinajstić information content (AvgIpc) is 1.64. The summed E-state index contributed by atoms with van der Waals surface area (Å²) < 4.78 is 5.93. The summed E-state index contributed by atoms with van der Waals surface area (Å²) >= 11 is 5.37. The molecule has 0 saturated heterocycles. The lowest BCUT2D eigenvalue weighted by Crippen LogP contribution is -2.44. The molecule has 3 heteroatoms. The molecule has 0 spiro atoms. The van der Waals surface area contributed by atoms with Crippen LogP contribution < -0.4 is 0 Å². The summed E-state index contributed by atoms with van der Waals surface area (Å²) in [5.74, 6) is 0. The molecule has 0 rings (SSSR count). The van der Waals surface area contributed by atoms with Crippen molar-refractivity contribution in [2.24, 2.45) is 0 Å². The van der Waals surface area contributed by atoms with E-state index in [1.807, 2.05) is 6.92 Å². The van der Waals surface area contributed by atoms with Crippen molar-refractivity contribution in [3.63, 3.8) is 0 Å². The van der Waals surface area contributed by atoms with Crippen molar-refractivity contribution in [2.45, 2.75) is 20.6 Å². The lowest BCUT2D eigenvalue weighted by atomic mass is 10.5. The van der Waals surface area contributed by atoms with Crippen LogP contribution in [0.2, 0.25) is 0 Å². The van der Waals surface area contributed by atoms with E-state index in [1.165, 1.54) is 0 Å². The first-order chi connectivity index (χ1) is 3.98. The third-order valence-electron chi connectivity index (χ3n) is 1.40. The molecular weight excluding hydrogens is 150 g/mol. The molecule has 0 aromatic carbocycles. The van der Waals surface area contributed by atoms with Crippen LogP contribution >= 0.6 is 11.6 Å². The Morgan fingerprint density at radius 2 is 1.80 bits per heavy atom. The van der Waals surface area contributed by atoms with E-state index in [1.54, 1.807) is 0 Å². The zero-order valence-corrected chi connectivity index (χ0v) is 7.27. The lowest BCUT2D eigenvalue weighted by molar-refractivity contribution is -0.917. The largest absolute Gasteiger partial charge is 0.314 e. The molecule has 0 aliphatic rings. The molecule has 1 atom stereocenters. The van der Waals surface area contributed by atoms with E-state index in [4.69, 9.17) is 16.3 Å². The third-order valence-corrected chi connectivity index (χ3v) is 1.52. The standard InChI is InChI=1S/C6H15ClNO.CH4/c1-6(9-5-7)8(2,3)4;/h6H,5H2,1-4H3;1H4/q+1;. The van der Waals surface area contributed by atoms with E-state index in [-0.39, 0.29) is 19.7 Å². The molecule has 0 radical (unpaired) electrons. The summed E-state index contributed by atoms with van der Waals surface area (Å²) in [6.07, 6.45) is 0.169. The van der Waals surface area contributed by atoms with Gasteiger partial charge in [0.25, 0.3) is 0 Å². The van der Waals surface area contributed by atoms with Crippen LogP contribution in [0.25, 0.3) is 0 Å². The fraction of sp³-hybridized carbons (Fsp3) is 1.00. The first-order valence-corrected chi connectivity index (χ1v) is 3.50. The van der Waals surface area contributed by atoms with Crippen LogP contribution in [0.5, 0.6) is 0 Å². The Hall–Kier alpha value is 0.210. The van der Waals surface area contributed by atoms with Gasteiger partial charge in [0.15, 0.2) is 6.23 Å². The summed E-state index contributed by atoms with van der Waals surface area (Å²) in [4.78, 5) is 0. The van der Waals surface area contributed by atoms with Crippen LogP contribution in [0.4, 0.5) is 0 Å². The van der Waals surface area contributed by atoms with E-state index in [2.05, 4.69) is 21.1 Å². The summed E-state index contributed by atoms with van der Waals surface area (Å²) in [5.41, 5.74) is 0. The topological polar surface area (TPSA) is 9.23 Å². The van der Waals surface area contributed by atoms with Crippen molar-refractivity contribution in [1.29, 1.82) is 0 Å². The van der Waals surface area contributed by atoms with Gasteiger partial charge in [0.1, 0.15) is 6.07 Å². The molecule has 0 aromatic heterocycles. The van der Waals surface area contributed by atoms with Crippen LogP contribution in [0.3, 0.4) is 0 Å². The second-order valence-corrected chi connectivity index (χ2v) is 3.21. The Morgan fingerprint density at radius 3 is 1.90 bits per heavy atom. The summed E-state index contributed by atoms with van der Waals surface area (Å²) in [6, 6.07) is 0.274. The van der Waals surface area contributed by atoms with Crippen molar-refractivity contribution in [1.82, 2.24) is 0 Å². The number of ether oxygens (including phenoxy) is 1. The first-order valence-electron chi connectivity index (χ1n) is 2.97. The molecule has 0 amide bonds. The summed E-state index contributed by atoms with van der Waals surface area (Å²) in [6.45, 7) is 2.00. The second-order valence-electron chi connectivity index (χ2n) is 2.99. The van der Waals surface area contributed by atoms with Crippen LogP contribution in [0.15, 0.2) is 0 Å². The van der Waals surface area contributed by atoms with Gasteiger partial charge in [-0.05, 0) is 0 Å². The Morgan fingerprint density at radius 1 is 1.40 bits per heavy atom. The molecule has 0 N–H and O–H groups in total. The highest BCUT2D eigenvalue weighted by molar-refractivity contribution is 6.17. The number of nitrogens with zero attached hydrogens (tertiary/aromatic N) is 1. The molecule has 1 unspecified atom stereocenters. The van der Waals surface area contributed by atoms with Crippen molar-refractivity contribution >= 4 is 11.6 Å². The molecule has 10 heavy (non-hydrogen) atoms. The average molecular weight is 169 g/mol. The first kappa shape index (κ1) is 12.8. The molecule has 0 fully saturated rings. The highest BCUT2D eigenvalue weighted by atomic mass is 35.5. The minimum atomic E-state index is 0. The van der Waals surface area contributed by atoms with Gasteiger partial charge in [-0.15, -0.1) is 0 Å². The summed E-state index contributed by atoms with van der Waals surface area (Å²) in [5, 5.41) is 0. The van der Waals surface area contributed by atoms with Gasteiger partial charge >= 0.3 is 0 Å². The lowest BCUT2D eigenvalue weighted by Gasteiger charge is -2.30. The maximum Gasteiger partial charge on any atom is 0.191 e. The van der Waals surface area contributed by atoms with E-state index < -0.39 is 0 Å². The zero-order valence-electron chi connectivity index (χ0n) is 6.52. The quantitative estimate of drug-likeness (QED) is 0.355. The van der Waals surface area contributed by atoms with Gasteiger partial charge in [-0.2, -0.15) is 0 Å². The van der Waals surface area contributed by atoms with Gasteiger partial charge in [0.2, 0.25) is 0 Å². The Bertz CT molecular complexity index is 80.2. The number of rotatable bonds is 3. The maximum absolute atomic E-state index is 5.37. The van der Waals surface area contributed by atoms with E-state index >= 15 is 0 Å².